The van der Waals surface area contributed by atoms with Crippen molar-refractivity contribution in [1.29, 1.82) is 0 Å². The molecular formula is C11H20N4O2S. The highest BCUT2D eigenvalue weighted by Crippen LogP contribution is 2.18. The summed E-state index contributed by atoms with van der Waals surface area (Å²) in [6.07, 6.45) is 1.89. The molecule has 0 aliphatic rings. The Balaban J connectivity index is 2.58. The molecule has 0 fully saturated rings. The van der Waals surface area contributed by atoms with Crippen molar-refractivity contribution in [2.75, 3.05) is 38.4 Å². The standard InChI is InChI=1S/C11H20N4O2S/c1-4-6-17-10-13-9(12-2)14-11(15-10)18-8-5-7-16-3/h4-8H2,1-3H3,(H,12,13,14,15). The molecule has 102 valence electrons. The summed E-state index contributed by atoms with van der Waals surface area (Å²) in [7, 11) is 3.47. The molecule has 1 heterocycles. The molecule has 0 saturated heterocycles. The molecule has 1 aromatic heterocycles. The van der Waals surface area contributed by atoms with Crippen LogP contribution in [0.4, 0.5) is 5.95 Å². The summed E-state index contributed by atoms with van der Waals surface area (Å²) >= 11 is 1.58. The van der Waals surface area contributed by atoms with Gasteiger partial charge in [0.1, 0.15) is 0 Å². The van der Waals surface area contributed by atoms with Gasteiger partial charge in [-0.05, 0) is 12.8 Å². The molecule has 1 aromatic rings. The normalized spacial score (nSPS) is 10.4. The Morgan fingerprint density at radius 1 is 1.22 bits per heavy atom. The van der Waals surface area contributed by atoms with Crippen LogP contribution in [0.2, 0.25) is 0 Å². The summed E-state index contributed by atoms with van der Waals surface area (Å²) in [5.41, 5.74) is 0. The summed E-state index contributed by atoms with van der Waals surface area (Å²) in [5, 5.41) is 3.58. The van der Waals surface area contributed by atoms with Gasteiger partial charge in [-0.1, -0.05) is 18.7 Å². The number of nitrogens with one attached hydrogen (secondary N) is 1. The SMILES string of the molecule is CCCOc1nc(NC)nc(SCCCOC)n1. The summed E-state index contributed by atoms with van der Waals surface area (Å²) < 4.78 is 10.4. The second-order valence-corrected chi connectivity index (χ2v) is 4.58. The van der Waals surface area contributed by atoms with Crippen LogP contribution in [0.3, 0.4) is 0 Å². The molecule has 1 N–H and O–H groups in total. The lowest BCUT2D eigenvalue weighted by Crippen LogP contribution is -2.06. The maximum Gasteiger partial charge on any atom is 0.322 e. The average molecular weight is 272 g/mol. The molecule has 7 heteroatoms. The number of nitrogens with zero attached hydrogens (tertiary/aromatic N) is 3. The second-order valence-electron chi connectivity index (χ2n) is 3.52. The van der Waals surface area contributed by atoms with Crippen molar-refractivity contribution in [3.8, 4) is 6.01 Å². The van der Waals surface area contributed by atoms with Crippen LogP contribution in [0.5, 0.6) is 6.01 Å². The monoisotopic (exact) mass is 272 g/mol. The van der Waals surface area contributed by atoms with Gasteiger partial charge in [0.05, 0.1) is 6.61 Å². The number of methoxy groups -OCH3 is 1. The Labute approximate surface area is 112 Å². The van der Waals surface area contributed by atoms with Gasteiger partial charge in [0.2, 0.25) is 5.95 Å². The minimum atomic E-state index is 0.380. The Morgan fingerprint density at radius 2 is 2.06 bits per heavy atom. The van der Waals surface area contributed by atoms with Gasteiger partial charge in [-0.25, -0.2) is 0 Å². The fourth-order valence-corrected chi connectivity index (χ4v) is 1.88. The maximum absolute atomic E-state index is 5.43. The molecule has 0 aliphatic carbocycles. The summed E-state index contributed by atoms with van der Waals surface area (Å²) in [6, 6.07) is 0.380. The summed E-state index contributed by atoms with van der Waals surface area (Å²) in [5.74, 6) is 1.44. The smallest absolute Gasteiger partial charge is 0.322 e. The van der Waals surface area contributed by atoms with E-state index in [9.17, 15) is 0 Å². The van der Waals surface area contributed by atoms with E-state index in [4.69, 9.17) is 9.47 Å². The first-order valence-corrected chi connectivity index (χ1v) is 6.97. The number of thioether (sulfide) groups is 1. The highest BCUT2D eigenvalue weighted by atomic mass is 32.2. The predicted molar refractivity (Wildman–Crippen MR) is 72.4 cm³/mol. The lowest BCUT2D eigenvalue weighted by atomic mass is 10.5. The first-order valence-electron chi connectivity index (χ1n) is 5.98. The average Bonchev–Trinajstić information content (AvgIpc) is 2.41. The van der Waals surface area contributed by atoms with Crippen LogP contribution >= 0.6 is 11.8 Å². The first kappa shape index (κ1) is 15.0. The van der Waals surface area contributed by atoms with Crippen molar-refractivity contribution in [1.82, 2.24) is 15.0 Å². The van der Waals surface area contributed by atoms with E-state index in [1.54, 1.807) is 25.9 Å². The van der Waals surface area contributed by atoms with Crippen molar-refractivity contribution in [3.05, 3.63) is 0 Å². The molecule has 0 unspecified atom stereocenters. The van der Waals surface area contributed by atoms with E-state index in [1.165, 1.54) is 0 Å². The van der Waals surface area contributed by atoms with Crippen molar-refractivity contribution >= 4 is 17.7 Å². The zero-order valence-corrected chi connectivity index (χ0v) is 11.9. The van der Waals surface area contributed by atoms with Gasteiger partial charge in [-0.2, -0.15) is 15.0 Å². The van der Waals surface area contributed by atoms with Gasteiger partial charge in [0, 0.05) is 26.5 Å². The molecule has 0 saturated carbocycles. The van der Waals surface area contributed by atoms with Gasteiger partial charge in [-0.3, -0.25) is 0 Å². The van der Waals surface area contributed by atoms with E-state index in [-0.39, 0.29) is 0 Å². The number of ether oxygens (including phenoxy) is 2. The molecule has 0 amide bonds. The van der Waals surface area contributed by atoms with Gasteiger partial charge >= 0.3 is 6.01 Å². The molecule has 6 nitrogen and oxygen atoms in total. The van der Waals surface area contributed by atoms with Crippen molar-refractivity contribution < 1.29 is 9.47 Å². The summed E-state index contributed by atoms with van der Waals surface area (Å²) in [4.78, 5) is 12.7. The number of anilines is 1. The fourth-order valence-electron chi connectivity index (χ4n) is 1.14. The van der Waals surface area contributed by atoms with Gasteiger partial charge in [0.25, 0.3) is 0 Å². The molecular weight excluding hydrogens is 252 g/mol. The minimum absolute atomic E-state index is 0.380. The lowest BCUT2D eigenvalue weighted by Gasteiger charge is -2.06. The first-order chi connectivity index (χ1) is 8.80. The molecule has 0 radical (unpaired) electrons. The molecule has 0 spiro atoms. The van der Waals surface area contributed by atoms with Crippen molar-refractivity contribution in [3.63, 3.8) is 0 Å². The maximum atomic E-state index is 5.43. The van der Waals surface area contributed by atoms with Crippen LogP contribution in [-0.4, -0.2) is 48.1 Å². The Hall–Kier alpha value is -1.08. The molecule has 0 aliphatic heterocycles. The largest absolute Gasteiger partial charge is 0.463 e. The quantitative estimate of drug-likeness (QED) is 0.543. The van der Waals surface area contributed by atoms with Crippen molar-refractivity contribution in [2.24, 2.45) is 0 Å². The van der Waals surface area contributed by atoms with Gasteiger partial charge < -0.3 is 14.8 Å². The van der Waals surface area contributed by atoms with E-state index in [0.717, 1.165) is 25.2 Å². The van der Waals surface area contributed by atoms with Gasteiger partial charge in [0.15, 0.2) is 5.16 Å². The molecule has 0 atom stereocenters. The zero-order valence-electron chi connectivity index (χ0n) is 11.1. The van der Waals surface area contributed by atoms with Crippen LogP contribution in [0.1, 0.15) is 19.8 Å². The third kappa shape index (κ3) is 5.50. The van der Waals surface area contributed by atoms with Crippen LogP contribution in [0, 0.1) is 0 Å². The van der Waals surface area contributed by atoms with Crippen LogP contribution in [0.25, 0.3) is 0 Å². The Bertz CT molecular complexity index is 352. The van der Waals surface area contributed by atoms with Crippen LogP contribution in [0.15, 0.2) is 5.16 Å². The van der Waals surface area contributed by atoms with E-state index >= 15 is 0 Å². The van der Waals surface area contributed by atoms with E-state index < -0.39 is 0 Å². The topological polar surface area (TPSA) is 69.2 Å². The molecule has 0 aromatic carbocycles. The molecule has 0 bridgehead atoms. The third-order valence-electron chi connectivity index (χ3n) is 1.98. The van der Waals surface area contributed by atoms with Crippen molar-refractivity contribution in [2.45, 2.75) is 24.9 Å². The number of hydrogen-bond acceptors (Lipinski definition) is 7. The fraction of sp³-hybridized carbons (Fsp3) is 0.727. The van der Waals surface area contributed by atoms with Crippen LogP contribution < -0.4 is 10.1 Å². The Kier molecular flexibility index (Phi) is 7.43. The summed E-state index contributed by atoms with van der Waals surface area (Å²) in [6.45, 7) is 3.40. The number of hydrogen-bond donors (Lipinski definition) is 1. The minimum Gasteiger partial charge on any atom is -0.463 e. The van der Waals surface area contributed by atoms with Crippen LogP contribution in [-0.2, 0) is 4.74 Å². The highest BCUT2D eigenvalue weighted by Gasteiger charge is 2.06. The van der Waals surface area contributed by atoms with E-state index in [2.05, 4.69) is 20.3 Å². The molecule has 18 heavy (non-hydrogen) atoms. The highest BCUT2D eigenvalue weighted by molar-refractivity contribution is 7.99. The Morgan fingerprint density at radius 3 is 2.72 bits per heavy atom. The number of rotatable bonds is 9. The third-order valence-corrected chi connectivity index (χ3v) is 2.91. The van der Waals surface area contributed by atoms with Gasteiger partial charge in [-0.15, -0.1) is 0 Å². The number of aromatic nitrogens is 3. The second kappa shape index (κ2) is 8.93. The lowest BCUT2D eigenvalue weighted by molar-refractivity contribution is 0.200. The van der Waals surface area contributed by atoms with E-state index in [1.807, 2.05) is 6.92 Å². The molecule has 1 rings (SSSR count). The predicted octanol–water partition coefficient (Wildman–Crippen LogP) is 1.83. The van der Waals surface area contributed by atoms with E-state index in [0.29, 0.717) is 23.7 Å². The zero-order chi connectivity index (χ0) is 13.2.